The number of nitrogens with one attached hydrogen (secondary N) is 2. The highest BCUT2D eigenvalue weighted by molar-refractivity contribution is 7.92. The van der Waals surface area contributed by atoms with Crippen molar-refractivity contribution in [3.05, 3.63) is 59.2 Å². The number of benzene rings is 2. The Morgan fingerprint density at radius 3 is 2.57 bits per heavy atom. The Morgan fingerprint density at radius 1 is 1.14 bits per heavy atom. The fraction of sp³-hybridized carbons (Fsp3) is 0.381. The summed E-state index contributed by atoms with van der Waals surface area (Å²) in [5.74, 6) is 0.727. The van der Waals surface area contributed by atoms with Gasteiger partial charge in [0, 0.05) is 12.1 Å². The van der Waals surface area contributed by atoms with Crippen molar-refractivity contribution >= 4 is 21.6 Å². The van der Waals surface area contributed by atoms with E-state index in [2.05, 4.69) is 17.0 Å². The van der Waals surface area contributed by atoms with Gasteiger partial charge in [0.2, 0.25) is 10.0 Å². The predicted molar refractivity (Wildman–Crippen MR) is 113 cm³/mol. The third kappa shape index (κ3) is 6.88. The molecule has 2 aromatic rings. The Balaban J connectivity index is 1.87. The first kappa shape index (κ1) is 21.8. The van der Waals surface area contributed by atoms with Crippen LogP contribution >= 0.6 is 0 Å². The second-order valence-corrected chi connectivity index (χ2v) is 8.47. The summed E-state index contributed by atoms with van der Waals surface area (Å²) in [5, 5.41) is 2.91. The first-order valence-corrected chi connectivity index (χ1v) is 11.3. The quantitative estimate of drug-likeness (QED) is 0.594. The number of aryl methyl sites for hydroxylation is 2. The maximum absolute atomic E-state index is 12.3. The molecule has 0 fully saturated rings. The van der Waals surface area contributed by atoms with Gasteiger partial charge in [-0.2, -0.15) is 0 Å². The van der Waals surface area contributed by atoms with Crippen LogP contribution < -0.4 is 14.8 Å². The lowest BCUT2D eigenvalue weighted by atomic mass is 10.1. The second-order valence-electron chi connectivity index (χ2n) is 6.72. The lowest BCUT2D eigenvalue weighted by Crippen LogP contribution is -2.25. The van der Waals surface area contributed by atoms with Crippen molar-refractivity contribution in [2.24, 2.45) is 0 Å². The Morgan fingerprint density at radius 2 is 1.89 bits per heavy atom. The van der Waals surface area contributed by atoms with E-state index in [9.17, 15) is 13.2 Å². The summed E-state index contributed by atoms with van der Waals surface area (Å²) in [5.41, 5.74) is 2.81. The molecule has 0 bridgehead atoms. The molecular weight excluding hydrogens is 376 g/mol. The third-order valence-corrected chi connectivity index (χ3v) is 4.72. The maximum Gasteiger partial charge on any atom is 0.251 e. The summed E-state index contributed by atoms with van der Waals surface area (Å²) in [4.78, 5) is 12.3. The van der Waals surface area contributed by atoms with Crippen molar-refractivity contribution in [3.8, 4) is 5.75 Å². The molecule has 0 aliphatic carbocycles. The van der Waals surface area contributed by atoms with Gasteiger partial charge in [-0.1, -0.05) is 25.1 Å². The molecule has 0 heterocycles. The maximum atomic E-state index is 12.3. The van der Waals surface area contributed by atoms with E-state index >= 15 is 0 Å². The van der Waals surface area contributed by atoms with E-state index in [1.54, 1.807) is 25.1 Å². The molecule has 0 aliphatic rings. The van der Waals surface area contributed by atoms with Crippen molar-refractivity contribution < 1.29 is 17.9 Å². The molecule has 28 heavy (non-hydrogen) atoms. The Bertz CT molecular complexity index is 910. The Kier molecular flexibility index (Phi) is 7.87. The van der Waals surface area contributed by atoms with Crippen molar-refractivity contribution in [2.75, 3.05) is 24.1 Å². The molecule has 0 atom stereocenters. The molecule has 0 aliphatic heterocycles. The van der Waals surface area contributed by atoms with Gasteiger partial charge in [0.05, 0.1) is 18.6 Å². The van der Waals surface area contributed by atoms with Crippen LogP contribution in [0.4, 0.5) is 5.69 Å². The van der Waals surface area contributed by atoms with Crippen LogP contribution in [0.1, 0.15) is 41.3 Å². The molecule has 1 amide bonds. The highest BCUT2D eigenvalue weighted by Crippen LogP contribution is 2.20. The molecule has 2 aromatic carbocycles. The summed E-state index contributed by atoms with van der Waals surface area (Å²) < 4.78 is 30.9. The zero-order valence-corrected chi connectivity index (χ0v) is 17.4. The van der Waals surface area contributed by atoms with Crippen LogP contribution in [-0.2, 0) is 16.4 Å². The second kappa shape index (κ2) is 10.1. The molecule has 0 unspecified atom stereocenters. The number of carbonyl (C=O) groups excluding carboxylic acids is 1. The molecule has 0 saturated carbocycles. The first-order chi connectivity index (χ1) is 13.3. The molecule has 0 aromatic heterocycles. The topological polar surface area (TPSA) is 84.5 Å². The summed E-state index contributed by atoms with van der Waals surface area (Å²) in [7, 11) is -3.35. The van der Waals surface area contributed by atoms with Gasteiger partial charge in [0.25, 0.3) is 5.91 Å². The fourth-order valence-electron chi connectivity index (χ4n) is 2.77. The van der Waals surface area contributed by atoms with E-state index in [1.807, 2.05) is 24.3 Å². The molecule has 0 saturated heterocycles. The van der Waals surface area contributed by atoms with Crippen LogP contribution in [0.5, 0.6) is 5.75 Å². The summed E-state index contributed by atoms with van der Waals surface area (Å²) in [6, 6.07) is 12.9. The lowest BCUT2D eigenvalue weighted by Gasteiger charge is -2.12. The number of anilines is 1. The fourth-order valence-corrected chi connectivity index (χ4v) is 3.39. The van der Waals surface area contributed by atoms with E-state index in [0.717, 1.165) is 36.8 Å². The van der Waals surface area contributed by atoms with Gasteiger partial charge in [0.15, 0.2) is 0 Å². The van der Waals surface area contributed by atoms with Crippen LogP contribution in [0.3, 0.4) is 0 Å². The van der Waals surface area contributed by atoms with Gasteiger partial charge in [-0.15, -0.1) is 0 Å². The third-order valence-electron chi connectivity index (χ3n) is 4.13. The Labute approximate surface area is 167 Å². The number of sulfonamides is 1. The lowest BCUT2D eigenvalue weighted by molar-refractivity contribution is 0.0953. The van der Waals surface area contributed by atoms with Gasteiger partial charge >= 0.3 is 0 Å². The van der Waals surface area contributed by atoms with Crippen molar-refractivity contribution in [1.82, 2.24) is 5.32 Å². The van der Waals surface area contributed by atoms with Crippen molar-refractivity contribution in [1.29, 1.82) is 0 Å². The van der Waals surface area contributed by atoms with Crippen LogP contribution in [-0.4, -0.2) is 33.7 Å². The standard InChI is InChI=1S/C21H28N2O4S/c1-4-14-27-20-10-6-5-8-17(20)9-7-13-22-21(24)18-11-12-19(16(2)15-18)23-28(3,25)26/h5-6,8,10-12,15,23H,4,7,9,13-14H2,1-3H3,(H,22,24). The summed E-state index contributed by atoms with van der Waals surface area (Å²) in [6.07, 6.45) is 3.67. The largest absolute Gasteiger partial charge is 0.493 e. The minimum Gasteiger partial charge on any atom is -0.493 e. The minimum absolute atomic E-state index is 0.176. The molecule has 7 heteroatoms. The number of rotatable bonds is 10. The normalized spacial score (nSPS) is 11.1. The zero-order chi connectivity index (χ0) is 20.6. The van der Waals surface area contributed by atoms with Crippen LogP contribution in [0.2, 0.25) is 0 Å². The van der Waals surface area contributed by atoms with Crippen LogP contribution in [0, 0.1) is 6.92 Å². The van der Waals surface area contributed by atoms with Gasteiger partial charge < -0.3 is 10.1 Å². The Hall–Kier alpha value is -2.54. The summed E-state index contributed by atoms with van der Waals surface area (Å²) >= 11 is 0. The molecule has 152 valence electrons. The van der Waals surface area contributed by atoms with Gasteiger partial charge in [-0.3, -0.25) is 9.52 Å². The smallest absolute Gasteiger partial charge is 0.251 e. The molecular formula is C21H28N2O4S. The highest BCUT2D eigenvalue weighted by atomic mass is 32.2. The van der Waals surface area contributed by atoms with E-state index < -0.39 is 10.0 Å². The zero-order valence-electron chi connectivity index (χ0n) is 16.6. The monoisotopic (exact) mass is 404 g/mol. The van der Waals surface area contributed by atoms with E-state index in [0.29, 0.717) is 30.0 Å². The van der Waals surface area contributed by atoms with E-state index in [1.165, 1.54) is 0 Å². The SMILES string of the molecule is CCCOc1ccccc1CCCNC(=O)c1ccc(NS(C)(=O)=O)c(C)c1. The number of para-hydroxylation sites is 1. The molecule has 0 radical (unpaired) electrons. The van der Waals surface area contributed by atoms with E-state index in [4.69, 9.17) is 4.74 Å². The number of carbonyl (C=O) groups is 1. The average Bonchev–Trinajstić information content (AvgIpc) is 2.64. The average molecular weight is 405 g/mol. The van der Waals surface area contributed by atoms with Crippen molar-refractivity contribution in [2.45, 2.75) is 33.1 Å². The number of ether oxygens (including phenoxy) is 1. The number of amides is 1. The van der Waals surface area contributed by atoms with Gasteiger partial charge in [0.1, 0.15) is 5.75 Å². The van der Waals surface area contributed by atoms with Gasteiger partial charge in [-0.05, 0) is 61.6 Å². The predicted octanol–water partition coefficient (Wildman–Crippen LogP) is 3.52. The molecule has 6 nitrogen and oxygen atoms in total. The minimum atomic E-state index is -3.35. The first-order valence-electron chi connectivity index (χ1n) is 9.37. The molecule has 2 rings (SSSR count). The van der Waals surface area contributed by atoms with Crippen LogP contribution in [0.25, 0.3) is 0 Å². The highest BCUT2D eigenvalue weighted by Gasteiger charge is 2.10. The van der Waals surface area contributed by atoms with Gasteiger partial charge in [-0.25, -0.2) is 8.42 Å². The number of hydrogen-bond acceptors (Lipinski definition) is 4. The van der Waals surface area contributed by atoms with Crippen molar-refractivity contribution in [3.63, 3.8) is 0 Å². The molecule has 0 spiro atoms. The van der Waals surface area contributed by atoms with E-state index in [-0.39, 0.29) is 5.91 Å². The molecule has 2 N–H and O–H groups in total. The van der Waals surface area contributed by atoms with Crippen LogP contribution in [0.15, 0.2) is 42.5 Å². The number of hydrogen-bond donors (Lipinski definition) is 2. The summed E-state index contributed by atoms with van der Waals surface area (Å²) in [6.45, 7) is 5.07.